The Labute approximate surface area is 211 Å². The van der Waals surface area contributed by atoms with Gasteiger partial charge in [0.15, 0.2) is 5.03 Å². The number of aromatic nitrogens is 4. The van der Waals surface area contributed by atoms with Gasteiger partial charge < -0.3 is 14.0 Å². The predicted molar refractivity (Wildman–Crippen MR) is 137 cm³/mol. The zero-order valence-corrected chi connectivity index (χ0v) is 21.4. The van der Waals surface area contributed by atoms with E-state index in [1.165, 1.54) is 16.8 Å². The quantitative estimate of drug-likeness (QED) is 0.329. The third-order valence-corrected chi connectivity index (χ3v) is 7.87. The highest BCUT2D eigenvalue weighted by Gasteiger charge is 2.28. The summed E-state index contributed by atoms with van der Waals surface area (Å²) in [6, 6.07) is 17.2. The summed E-state index contributed by atoms with van der Waals surface area (Å²) >= 11 is 0. The molecule has 0 unspecified atom stereocenters. The van der Waals surface area contributed by atoms with E-state index >= 15 is 0 Å². The van der Waals surface area contributed by atoms with Crippen LogP contribution in [0.5, 0.6) is 0 Å². The molecule has 0 bridgehead atoms. The van der Waals surface area contributed by atoms with Crippen molar-refractivity contribution in [3.8, 4) is 6.07 Å². The lowest BCUT2D eigenvalue weighted by molar-refractivity contribution is 0.406. The third-order valence-electron chi connectivity index (χ3n) is 6.14. The first-order chi connectivity index (χ1) is 17.3. The maximum Gasteiger partial charge on any atom is 0.262 e. The predicted octanol–water partition coefficient (Wildman–Crippen LogP) is 3.23. The summed E-state index contributed by atoms with van der Waals surface area (Å²) in [4.78, 5) is 10.4. The van der Waals surface area contributed by atoms with Gasteiger partial charge in [0.2, 0.25) is 0 Å². The highest BCUT2D eigenvalue weighted by Crippen LogP contribution is 2.22. The molecule has 0 atom stereocenters. The van der Waals surface area contributed by atoms with Gasteiger partial charge in [-0.05, 0) is 42.3 Å². The van der Waals surface area contributed by atoms with Crippen LogP contribution in [0.25, 0.3) is 0 Å². The number of nitrogens with zero attached hydrogens (tertiary/aromatic N) is 7. The molecule has 2 heterocycles. The fourth-order valence-corrected chi connectivity index (χ4v) is 5.30. The summed E-state index contributed by atoms with van der Waals surface area (Å²) < 4.78 is 32.3. The lowest BCUT2D eigenvalue weighted by Gasteiger charge is -2.29. The zero-order valence-electron chi connectivity index (χ0n) is 20.6. The SMILES string of the molecule is Cc1ccccc1CN(CCN(Cc1cncn1C)c1ccc(C#N)cc1)S(=O)(=O)c1cn(C)cn1. The van der Waals surface area contributed by atoms with Crippen molar-refractivity contribution in [3.63, 3.8) is 0 Å². The topological polar surface area (TPSA) is 100 Å². The fourth-order valence-electron chi connectivity index (χ4n) is 3.93. The first kappa shape index (κ1) is 25.2. The molecule has 186 valence electrons. The molecule has 0 aliphatic heterocycles. The van der Waals surface area contributed by atoms with Crippen LogP contribution in [0.1, 0.15) is 22.4 Å². The minimum Gasteiger partial charge on any atom is -0.364 e. The molecular weight excluding hydrogens is 474 g/mol. The van der Waals surface area contributed by atoms with Crippen molar-refractivity contribution < 1.29 is 8.42 Å². The molecule has 0 saturated carbocycles. The van der Waals surface area contributed by atoms with Crippen LogP contribution < -0.4 is 4.90 Å². The average Bonchev–Trinajstić information content (AvgIpc) is 3.50. The molecule has 36 heavy (non-hydrogen) atoms. The number of imidazole rings is 2. The Kier molecular flexibility index (Phi) is 7.52. The van der Waals surface area contributed by atoms with Crippen molar-refractivity contribution in [2.75, 3.05) is 18.0 Å². The standard InChI is InChI=1S/C26H29N7O2S/c1-21-6-4-5-7-23(21)16-33(36(34,35)26-18-30(2)20-29-26)13-12-32(17-25-15-28-19-31(25)3)24-10-8-22(14-27)9-11-24/h4-11,15,18-20H,12-13,16-17H2,1-3H3. The highest BCUT2D eigenvalue weighted by molar-refractivity contribution is 7.89. The molecule has 0 radical (unpaired) electrons. The molecule has 0 N–H and O–H groups in total. The second-order valence-corrected chi connectivity index (χ2v) is 10.6. The summed E-state index contributed by atoms with van der Waals surface area (Å²) in [7, 11) is -0.166. The van der Waals surface area contributed by atoms with Crippen LogP contribution in [0, 0.1) is 18.3 Å². The molecule has 0 amide bonds. The van der Waals surface area contributed by atoms with Gasteiger partial charge >= 0.3 is 0 Å². The summed E-state index contributed by atoms with van der Waals surface area (Å²) in [6.45, 7) is 3.41. The van der Waals surface area contributed by atoms with Gasteiger partial charge in [0.25, 0.3) is 10.0 Å². The van der Waals surface area contributed by atoms with Crippen LogP contribution in [0.2, 0.25) is 0 Å². The van der Waals surface area contributed by atoms with E-state index in [1.807, 2.05) is 54.9 Å². The molecule has 0 spiro atoms. The third kappa shape index (κ3) is 5.64. The number of sulfonamides is 1. The van der Waals surface area contributed by atoms with Gasteiger partial charge in [0.1, 0.15) is 0 Å². The van der Waals surface area contributed by atoms with E-state index in [-0.39, 0.29) is 18.1 Å². The van der Waals surface area contributed by atoms with Crippen molar-refractivity contribution in [1.82, 2.24) is 23.4 Å². The number of anilines is 1. The summed E-state index contributed by atoms with van der Waals surface area (Å²) in [5.74, 6) is 0. The van der Waals surface area contributed by atoms with Crippen LogP contribution >= 0.6 is 0 Å². The molecule has 4 aromatic rings. The fraction of sp³-hybridized carbons (Fsp3) is 0.269. The average molecular weight is 504 g/mol. The first-order valence-electron chi connectivity index (χ1n) is 11.5. The second-order valence-electron chi connectivity index (χ2n) is 8.72. The van der Waals surface area contributed by atoms with E-state index in [4.69, 9.17) is 0 Å². The first-order valence-corrected chi connectivity index (χ1v) is 12.9. The maximum atomic E-state index is 13.6. The number of nitriles is 1. The van der Waals surface area contributed by atoms with E-state index < -0.39 is 10.0 Å². The van der Waals surface area contributed by atoms with Gasteiger partial charge in [0.05, 0.1) is 36.5 Å². The molecule has 4 rings (SSSR count). The number of hydrogen-bond acceptors (Lipinski definition) is 6. The number of rotatable bonds is 10. The lowest BCUT2D eigenvalue weighted by Crippen LogP contribution is -2.38. The largest absolute Gasteiger partial charge is 0.364 e. The van der Waals surface area contributed by atoms with Crippen molar-refractivity contribution in [2.45, 2.75) is 25.0 Å². The van der Waals surface area contributed by atoms with Crippen molar-refractivity contribution >= 4 is 15.7 Å². The summed E-state index contributed by atoms with van der Waals surface area (Å²) in [5, 5.41) is 9.22. The normalized spacial score (nSPS) is 11.5. The minimum atomic E-state index is -3.84. The zero-order chi connectivity index (χ0) is 25.7. The van der Waals surface area contributed by atoms with Crippen molar-refractivity contribution in [1.29, 1.82) is 5.26 Å². The Balaban J connectivity index is 1.65. The van der Waals surface area contributed by atoms with E-state index in [9.17, 15) is 13.7 Å². The Bertz CT molecular complexity index is 1470. The number of aryl methyl sites for hydroxylation is 3. The van der Waals surface area contributed by atoms with Crippen molar-refractivity contribution in [3.05, 3.63) is 96.0 Å². The monoisotopic (exact) mass is 503 g/mol. The van der Waals surface area contributed by atoms with Gasteiger partial charge in [-0.1, -0.05) is 24.3 Å². The molecule has 2 aromatic heterocycles. The molecule has 9 nitrogen and oxygen atoms in total. The van der Waals surface area contributed by atoms with Crippen molar-refractivity contribution in [2.24, 2.45) is 14.1 Å². The highest BCUT2D eigenvalue weighted by atomic mass is 32.2. The molecule has 2 aromatic carbocycles. The number of hydrogen-bond donors (Lipinski definition) is 0. The summed E-state index contributed by atoms with van der Waals surface area (Å²) in [6.07, 6.45) is 6.55. The maximum absolute atomic E-state index is 13.6. The van der Waals surface area contributed by atoms with Crippen LogP contribution in [0.3, 0.4) is 0 Å². The van der Waals surface area contributed by atoms with E-state index in [0.29, 0.717) is 18.7 Å². The second kappa shape index (κ2) is 10.8. The van der Waals surface area contributed by atoms with Gasteiger partial charge in [-0.25, -0.2) is 18.4 Å². The van der Waals surface area contributed by atoms with Gasteiger partial charge in [-0.15, -0.1) is 0 Å². The van der Waals surface area contributed by atoms with E-state index in [1.54, 1.807) is 36.3 Å². The van der Waals surface area contributed by atoms with Crippen LogP contribution in [-0.2, 0) is 37.2 Å². The van der Waals surface area contributed by atoms with Gasteiger partial charge in [0, 0.05) is 51.8 Å². The Morgan fingerprint density at radius 2 is 1.75 bits per heavy atom. The smallest absolute Gasteiger partial charge is 0.262 e. The Hall–Kier alpha value is -3.94. The van der Waals surface area contributed by atoms with E-state index in [2.05, 4.69) is 20.9 Å². The molecule has 0 fully saturated rings. The Morgan fingerprint density at radius 3 is 2.36 bits per heavy atom. The molecule has 10 heteroatoms. The molecule has 0 aliphatic carbocycles. The molecule has 0 saturated heterocycles. The van der Waals surface area contributed by atoms with Crippen LogP contribution in [-0.4, -0.2) is 44.9 Å². The minimum absolute atomic E-state index is 0.0233. The van der Waals surface area contributed by atoms with Gasteiger partial charge in [-0.2, -0.15) is 9.57 Å². The molecule has 0 aliphatic rings. The van der Waals surface area contributed by atoms with Crippen LogP contribution in [0.15, 0.2) is 78.6 Å². The lowest BCUT2D eigenvalue weighted by atomic mass is 10.1. The summed E-state index contributed by atoms with van der Waals surface area (Å²) in [5.41, 5.74) is 4.41. The molecular formula is C26H29N7O2S. The number of benzene rings is 2. The Morgan fingerprint density at radius 1 is 1.00 bits per heavy atom. The van der Waals surface area contributed by atoms with E-state index in [0.717, 1.165) is 22.5 Å². The van der Waals surface area contributed by atoms with Gasteiger partial charge in [-0.3, -0.25) is 0 Å². The van der Waals surface area contributed by atoms with Crippen LogP contribution in [0.4, 0.5) is 5.69 Å².